The molecule has 186 valence electrons. The smallest absolute Gasteiger partial charge is 0.338 e. The molecule has 0 saturated carbocycles. The van der Waals surface area contributed by atoms with Gasteiger partial charge in [-0.1, -0.05) is 17.7 Å². The molecular formula is C27H19ClN2O7. The molecule has 5 aromatic rings. The van der Waals surface area contributed by atoms with Gasteiger partial charge < -0.3 is 18.5 Å². The van der Waals surface area contributed by atoms with Crippen LogP contribution in [0.5, 0.6) is 5.75 Å². The van der Waals surface area contributed by atoms with Crippen molar-refractivity contribution < 1.29 is 23.6 Å². The van der Waals surface area contributed by atoms with Gasteiger partial charge in [0.1, 0.15) is 24.5 Å². The van der Waals surface area contributed by atoms with Gasteiger partial charge in [0.2, 0.25) is 0 Å². The number of non-ortho nitro benzene ring substituents is 1. The van der Waals surface area contributed by atoms with Gasteiger partial charge in [-0.05, 0) is 48.5 Å². The number of carbonyl (C=O) groups excluding carboxylic acids is 1. The third kappa shape index (κ3) is 4.76. The van der Waals surface area contributed by atoms with Crippen molar-refractivity contribution in [3.05, 3.63) is 115 Å². The van der Waals surface area contributed by atoms with Gasteiger partial charge in [0, 0.05) is 52.1 Å². The zero-order valence-corrected chi connectivity index (χ0v) is 20.2. The lowest BCUT2D eigenvalue weighted by atomic mass is 10.1. The van der Waals surface area contributed by atoms with Crippen LogP contribution >= 0.6 is 11.6 Å². The molecular weight excluding hydrogens is 500 g/mol. The van der Waals surface area contributed by atoms with Crippen molar-refractivity contribution in [2.45, 2.75) is 13.2 Å². The maximum Gasteiger partial charge on any atom is 0.338 e. The molecule has 2 aromatic heterocycles. The Kier molecular flexibility index (Phi) is 6.37. The predicted molar refractivity (Wildman–Crippen MR) is 137 cm³/mol. The van der Waals surface area contributed by atoms with Crippen LogP contribution in [0.1, 0.15) is 21.6 Å². The zero-order chi connectivity index (χ0) is 26.1. The van der Waals surface area contributed by atoms with E-state index in [2.05, 4.69) is 0 Å². The van der Waals surface area contributed by atoms with Crippen LogP contribution in [0.3, 0.4) is 0 Å². The summed E-state index contributed by atoms with van der Waals surface area (Å²) in [6, 6.07) is 18.8. The lowest BCUT2D eigenvalue weighted by Crippen LogP contribution is -2.09. The fourth-order valence-corrected chi connectivity index (χ4v) is 4.41. The summed E-state index contributed by atoms with van der Waals surface area (Å²) in [6.45, 7) is 0.00516. The Morgan fingerprint density at radius 2 is 1.84 bits per heavy atom. The third-order valence-corrected chi connectivity index (χ3v) is 6.26. The number of ether oxygens (including phenoxy) is 2. The second-order valence-corrected chi connectivity index (χ2v) is 8.67. The fraction of sp³-hybridized carbons (Fsp3) is 0.111. The summed E-state index contributed by atoms with van der Waals surface area (Å²) < 4.78 is 18.9. The number of rotatable bonds is 7. The first kappa shape index (κ1) is 24.1. The minimum atomic E-state index is -0.548. The number of esters is 1. The molecule has 0 fully saturated rings. The second-order valence-electron chi connectivity index (χ2n) is 8.24. The number of halogens is 1. The maximum atomic E-state index is 12.8. The Morgan fingerprint density at radius 1 is 1.05 bits per heavy atom. The van der Waals surface area contributed by atoms with Crippen LogP contribution in [0.15, 0.2) is 82.0 Å². The summed E-state index contributed by atoms with van der Waals surface area (Å²) in [5.74, 6) is -0.109. The maximum absolute atomic E-state index is 12.8. The molecule has 10 heteroatoms. The van der Waals surface area contributed by atoms with Crippen molar-refractivity contribution in [3.63, 3.8) is 0 Å². The van der Waals surface area contributed by atoms with Gasteiger partial charge in [0.15, 0.2) is 0 Å². The van der Waals surface area contributed by atoms with Gasteiger partial charge in [-0.15, -0.1) is 0 Å². The van der Waals surface area contributed by atoms with Crippen molar-refractivity contribution in [1.82, 2.24) is 4.57 Å². The highest BCUT2D eigenvalue weighted by Crippen LogP contribution is 2.33. The molecule has 9 nitrogen and oxygen atoms in total. The summed E-state index contributed by atoms with van der Waals surface area (Å²) in [4.78, 5) is 35.0. The number of hydrogen-bond acceptors (Lipinski definition) is 7. The molecule has 5 rings (SSSR count). The van der Waals surface area contributed by atoms with Crippen molar-refractivity contribution in [2.24, 2.45) is 7.05 Å². The lowest BCUT2D eigenvalue weighted by Gasteiger charge is -2.11. The molecule has 0 unspecified atom stereocenters. The largest absolute Gasteiger partial charge is 0.487 e. The first-order valence-electron chi connectivity index (χ1n) is 11.1. The van der Waals surface area contributed by atoms with Gasteiger partial charge in [-0.25, -0.2) is 9.59 Å². The molecule has 0 spiro atoms. The highest BCUT2D eigenvalue weighted by atomic mass is 35.5. The SMILES string of the molecule is Cn1c(COc2ccc([N+](=O)[O-])cc2)c(COC(=O)c2cccc(Cl)c2)c2c3ccc(=O)oc3ccc21. The van der Waals surface area contributed by atoms with Crippen molar-refractivity contribution >= 4 is 45.1 Å². The normalized spacial score (nSPS) is 11.1. The number of fused-ring (bicyclic) bond motifs is 3. The molecule has 0 bridgehead atoms. The number of hydrogen-bond donors (Lipinski definition) is 0. The monoisotopic (exact) mass is 518 g/mol. The molecule has 0 N–H and O–H groups in total. The highest BCUT2D eigenvalue weighted by Gasteiger charge is 2.21. The van der Waals surface area contributed by atoms with E-state index < -0.39 is 16.5 Å². The Balaban J connectivity index is 1.54. The Morgan fingerprint density at radius 3 is 2.57 bits per heavy atom. The molecule has 0 atom stereocenters. The van der Waals surface area contributed by atoms with E-state index in [9.17, 15) is 19.7 Å². The molecule has 0 saturated heterocycles. The quantitative estimate of drug-likeness (QED) is 0.116. The average Bonchev–Trinajstić information content (AvgIpc) is 3.16. The third-order valence-electron chi connectivity index (χ3n) is 6.03. The van der Waals surface area contributed by atoms with Gasteiger partial charge in [-0.2, -0.15) is 0 Å². The molecule has 0 radical (unpaired) electrons. The minimum Gasteiger partial charge on any atom is -0.487 e. The second kappa shape index (κ2) is 9.79. The zero-order valence-electron chi connectivity index (χ0n) is 19.5. The standard InChI is InChI=1S/C27H19ClN2O7/c1-29-22-10-11-24-20(9-12-25(31)37-24)26(22)21(14-36-27(32)16-3-2-4-17(28)13-16)23(29)15-35-19-7-5-18(6-8-19)30(33)34/h2-13H,14-15H2,1H3. The number of nitro groups is 1. The Labute approximate surface area is 214 Å². The van der Waals surface area contributed by atoms with Gasteiger partial charge in [0.25, 0.3) is 5.69 Å². The molecule has 2 heterocycles. The van der Waals surface area contributed by atoms with Crippen LogP contribution < -0.4 is 10.4 Å². The topological polar surface area (TPSA) is 114 Å². The van der Waals surface area contributed by atoms with Crippen LogP contribution in [0.4, 0.5) is 5.69 Å². The van der Waals surface area contributed by atoms with E-state index in [4.69, 9.17) is 25.5 Å². The average molecular weight is 519 g/mol. The van der Waals surface area contributed by atoms with E-state index in [0.29, 0.717) is 38.6 Å². The molecule has 0 amide bonds. The van der Waals surface area contributed by atoms with Crippen molar-refractivity contribution in [1.29, 1.82) is 0 Å². The number of benzene rings is 3. The number of aryl methyl sites for hydroxylation is 1. The summed E-state index contributed by atoms with van der Waals surface area (Å²) in [6.07, 6.45) is 0. The van der Waals surface area contributed by atoms with E-state index >= 15 is 0 Å². The number of nitro benzene ring substituents is 1. The van der Waals surface area contributed by atoms with E-state index in [0.717, 1.165) is 10.9 Å². The van der Waals surface area contributed by atoms with Crippen LogP contribution in [-0.4, -0.2) is 15.5 Å². The van der Waals surface area contributed by atoms with Crippen molar-refractivity contribution in [3.8, 4) is 5.75 Å². The molecule has 3 aromatic carbocycles. The highest BCUT2D eigenvalue weighted by molar-refractivity contribution is 6.30. The van der Waals surface area contributed by atoms with E-state index in [1.165, 1.54) is 36.4 Å². The minimum absolute atomic E-state index is 0.0430. The number of aromatic nitrogens is 1. The van der Waals surface area contributed by atoms with E-state index in [-0.39, 0.29) is 18.9 Å². The van der Waals surface area contributed by atoms with Crippen LogP contribution in [0.25, 0.3) is 21.9 Å². The fourth-order valence-electron chi connectivity index (χ4n) is 4.22. The molecule has 0 aliphatic rings. The van der Waals surface area contributed by atoms with Crippen LogP contribution in [0.2, 0.25) is 5.02 Å². The Bertz CT molecular complexity index is 1720. The Hall–Kier alpha value is -4.63. The predicted octanol–water partition coefficient (Wildman–Crippen LogP) is 5.78. The van der Waals surface area contributed by atoms with E-state index in [1.807, 2.05) is 17.7 Å². The summed E-state index contributed by atoms with van der Waals surface area (Å²) >= 11 is 6.02. The first-order valence-corrected chi connectivity index (χ1v) is 11.5. The molecule has 0 aliphatic carbocycles. The number of nitrogens with zero attached hydrogens (tertiary/aromatic N) is 2. The number of carbonyl (C=O) groups is 1. The van der Waals surface area contributed by atoms with Gasteiger partial charge in [-0.3, -0.25) is 10.1 Å². The van der Waals surface area contributed by atoms with Crippen molar-refractivity contribution in [2.75, 3.05) is 0 Å². The van der Waals surface area contributed by atoms with E-state index in [1.54, 1.807) is 30.3 Å². The van der Waals surface area contributed by atoms with Gasteiger partial charge >= 0.3 is 11.6 Å². The summed E-state index contributed by atoms with van der Waals surface area (Å²) in [5, 5.41) is 12.8. The summed E-state index contributed by atoms with van der Waals surface area (Å²) in [7, 11) is 1.85. The molecule has 37 heavy (non-hydrogen) atoms. The first-order chi connectivity index (χ1) is 17.8. The molecule has 0 aliphatic heterocycles. The lowest BCUT2D eigenvalue weighted by molar-refractivity contribution is -0.384. The van der Waals surface area contributed by atoms with Crippen LogP contribution in [0, 0.1) is 10.1 Å². The summed E-state index contributed by atoms with van der Waals surface area (Å²) in [5.41, 5.74) is 2.40. The van der Waals surface area contributed by atoms with Crippen LogP contribution in [-0.2, 0) is 25.0 Å². The van der Waals surface area contributed by atoms with Gasteiger partial charge in [0.05, 0.1) is 16.2 Å².